The first-order chi connectivity index (χ1) is 11.6. The van der Waals surface area contributed by atoms with E-state index in [0.717, 1.165) is 10.7 Å². The monoisotopic (exact) mass is 359 g/mol. The van der Waals surface area contributed by atoms with Crippen molar-refractivity contribution in [3.8, 4) is 11.3 Å². The molecule has 0 aliphatic heterocycles. The van der Waals surface area contributed by atoms with Gasteiger partial charge in [0, 0.05) is 18.0 Å². The molecule has 0 saturated heterocycles. The van der Waals surface area contributed by atoms with E-state index in [1.807, 2.05) is 30.0 Å². The Bertz CT molecular complexity index is 1050. The average Bonchev–Trinajstić information content (AvgIpc) is 3.28. The van der Waals surface area contributed by atoms with Crippen molar-refractivity contribution in [3.05, 3.63) is 46.3 Å². The lowest BCUT2D eigenvalue weighted by Gasteiger charge is -2.09. The van der Waals surface area contributed by atoms with Crippen LogP contribution in [-0.4, -0.2) is 24.7 Å². The molecule has 122 valence electrons. The van der Waals surface area contributed by atoms with E-state index in [0.29, 0.717) is 21.8 Å². The lowest BCUT2D eigenvalue weighted by Crippen LogP contribution is -2.12. The Morgan fingerprint density at radius 2 is 2.33 bits per heavy atom. The highest BCUT2D eigenvalue weighted by atomic mass is 32.2. The van der Waals surface area contributed by atoms with Crippen LogP contribution in [-0.2, 0) is 7.05 Å². The number of nitrogens with zero attached hydrogens (tertiary/aromatic N) is 4. The van der Waals surface area contributed by atoms with E-state index in [9.17, 15) is 4.79 Å². The lowest BCUT2D eigenvalue weighted by atomic mass is 10.2. The maximum absolute atomic E-state index is 12.6. The van der Waals surface area contributed by atoms with Crippen LogP contribution in [0.25, 0.3) is 21.5 Å². The number of nitrogens with one attached hydrogen (secondary N) is 1. The summed E-state index contributed by atoms with van der Waals surface area (Å²) in [5, 5.41) is 11.1. The number of H-pyrrole nitrogens is 1. The smallest absolute Gasteiger partial charge is 0.260 e. The summed E-state index contributed by atoms with van der Waals surface area (Å²) < 4.78 is 7.24. The normalized spacial score (nSPS) is 12.8. The van der Waals surface area contributed by atoms with Crippen molar-refractivity contribution in [2.75, 3.05) is 0 Å². The van der Waals surface area contributed by atoms with Gasteiger partial charge >= 0.3 is 0 Å². The van der Waals surface area contributed by atoms with Crippen molar-refractivity contribution in [2.45, 2.75) is 17.3 Å². The number of hydrogen-bond donors (Lipinski definition) is 1. The summed E-state index contributed by atoms with van der Waals surface area (Å²) in [7, 11) is 1.88. The van der Waals surface area contributed by atoms with Gasteiger partial charge in [-0.3, -0.25) is 4.79 Å². The molecule has 4 rings (SSSR count). The lowest BCUT2D eigenvalue weighted by molar-refractivity contribution is 0.583. The van der Waals surface area contributed by atoms with E-state index < -0.39 is 0 Å². The SMILES string of the molecule is C[C@H](Sc1nncn1C)c1nc2scc(-c3ccco3)c2c(=O)[nH]1. The second-order valence-corrected chi connectivity index (χ2v) is 7.41. The molecule has 0 fully saturated rings. The molecule has 1 N–H and O–H groups in total. The molecule has 0 spiro atoms. The highest BCUT2D eigenvalue weighted by Gasteiger charge is 2.18. The number of thiophene rings is 1. The number of thioether (sulfide) groups is 1. The number of furan rings is 1. The first-order valence-electron chi connectivity index (χ1n) is 7.19. The van der Waals surface area contributed by atoms with Crippen molar-refractivity contribution >= 4 is 33.3 Å². The van der Waals surface area contributed by atoms with Gasteiger partial charge in [0.15, 0.2) is 5.16 Å². The minimum Gasteiger partial charge on any atom is -0.464 e. The van der Waals surface area contributed by atoms with Gasteiger partial charge in [-0.15, -0.1) is 21.5 Å². The van der Waals surface area contributed by atoms with Crippen LogP contribution in [0.5, 0.6) is 0 Å². The molecule has 4 aromatic rings. The maximum Gasteiger partial charge on any atom is 0.260 e. The molecule has 7 nitrogen and oxygen atoms in total. The number of rotatable bonds is 4. The summed E-state index contributed by atoms with van der Waals surface area (Å²) in [6.07, 6.45) is 3.23. The Balaban J connectivity index is 1.74. The average molecular weight is 359 g/mol. The highest BCUT2D eigenvalue weighted by molar-refractivity contribution is 7.99. The van der Waals surface area contributed by atoms with E-state index in [-0.39, 0.29) is 10.8 Å². The van der Waals surface area contributed by atoms with Crippen LogP contribution in [0.1, 0.15) is 18.0 Å². The highest BCUT2D eigenvalue weighted by Crippen LogP contribution is 2.34. The summed E-state index contributed by atoms with van der Waals surface area (Å²) in [6, 6.07) is 3.63. The summed E-state index contributed by atoms with van der Waals surface area (Å²) in [5.74, 6) is 1.29. The summed E-state index contributed by atoms with van der Waals surface area (Å²) in [6.45, 7) is 1.98. The van der Waals surface area contributed by atoms with Crippen molar-refractivity contribution < 1.29 is 4.42 Å². The Morgan fingerprint density at radius 3 is 3.04 bits per heavy atom. The number of aryl methyl sites for hydroxylation is 1. The van der Waals surface area contributed by atoms with Gasteiger partial charge in [-0.1, -0.05) is 11.8 Å². The zero-order valence-corrected chi connectivity index (χ0v) is 14.5. The molecule has 0 saturated carbocycles. The zero-order valence-electron chi connectivity index (χ0n) is 12.9. The van der Waals surface area contributed by atoms with E-state index in [4.69, 9.17) is 4.42 Å². The fraction of sp³-hybridized carbons (Fsp3) is 0.200. The number of aromatic nitrogens is 5. The molecule has 0 aliphatic rings. The van der Waals surface area contributed by atoms with Gasteiger partial charge in [0.25, 0.3) is 5.56 Å². The van der Waals surface area contributed by atoms with E-state index >= 15 is 0 Å². The quantitative estimate of drug-likeness (QED) is 0.563. The van der Waals surface area contributed by atoms with Gasteiger partial charge in [-0.2, -0.15) is 0 Å². The molecule has 4 heterocycles. The molecule has 0 radical (unpaired) electrons. The molecular formula is C15H13N5O2S2. The Morgan fingerprint density at radius 1 is 1.46 bits per heavy atom. The van der Waals surface area contributed by atoms with Crippen LogP contribution >= 0.6 is 23.1 Å². The Kier molecular flexibility index (Phi) is 3.73. The molecule has 0 amide bonds. The number of aromatic amines is 1. The molecule has 24 heavy (non-hydrogen) atoms. The van der Waals surface area contributed by atoms with Crippen LogP contribution in [0.3, 0.4) is 0 Å². The van der Waals surface area contributed by atoms with Crippen LogP contribution in [0, 0.1) is 0 Å². The van der Waals surface area contributed by atoms with Crippen LogP contribution in [0.15, 0.2) is 44.5 Å². The van der Waals surface area contributed by atoms with Crippen LogP contribution < -0.4 is 5.56 Å². The zero-order chi connectivity index (χ0) is 16.7. The van der Waals surface area contributed by atoms with Crippen LogP contribution in [0.4, 0.5) is 0 Å². The molecular weight excluding hydrogens is 346 g/mol. The minimum atomic E-state index is -0.159. The van der Waals surface area contributed by atoms with E-state index in [2.05, 4.69) is 20.2 Å². The predicted octanol–water partition coefficient (Wildman–Crippen LogP) is 3.23. The van der Waals surface area contributed by atoms with Gasteiger partial charge in [-0.25, -0.2) is 4.98 Å². The fourth-order valence-corrected chi connectivity index (χ4v) is 4.15. The minimum absolute atomic E-state index is 0.0563. The van der Waals surface area contributed by atoms with Crippen molar-refractivity contribution in [3.63, 3.8) is 0 Å². The van der Waals surface area contributed by atoms with Crippen molar-refractivity contribution in [1.82, 2.24) is 24.7 Å². The molecule has 4 aromatic heterocycles. The van der Waals surface area contributed by atoms with E-state index in [1.165, 1.54) is 23.1 Å². The fourth-order valence-electron chi connectivity index (χ4n) is 2.36. The second kappa shape index (κ2) is 5.91. The largest absolute Gasteiger partial charge is 0.464 e. The van der Waals surface area contributed by atoms with E-state index in [1.54, 1.807) is 18.7 Å². The molecule has 1 atom stereocenters. The third-order valence-corrected chi connectivity index (χ3v) is 5.62. The summed E-state index contributed by atoms with van der Waals surface area (Å²) in [5.41, 5.74) is 0.613. The summed E-state index contributed by atoms with van der Waals surface area (Å²) >= 11 is 2.93. The van der Waals surface area contributed by atoms with Gasteiger partial charge in [0.1, 0.15) is 22.7 Å². The first kappa shape index (κ1) is 15.2. The third-order valence-electron chi connectivity index (χ3n) is 3.59. The molecule has 0 bridgehead atoms. The van der Waals surface area contributed by atoms with Gasteiger partial charge in [-0.05, 0) is 19.1 Å². The topological polar surface area (TPSA) is 89.6 Å². The predicted molar refractivity (Wildman–Crippen MR) is 93.2 cm³/mol. The molecule has 0 aliphatic carbocycles. The standard InChI is InChI=1S/C15H13N5O2S2/c1-8(24-15-19-16-7-20(15)2)12-17-13(21)11-9(6-23-14(11)18-12)10-4-3-5-22-10/h3-8H,1-2H3,(H,17,18,21)/t8-/m0/s1. The van der Waals surface area contributed by atoms with Crippen LogP contribution in [0.2, 0.25) is 0 Å². The molecule has 0 unspecified atom stereocenters. The van der Waals surface area contributed by atoms with Crippen molar-refractivity contribution in [2.24, 2.45) is 7.05 Å². The first-order valence-corrected chi connectivity index (χ1v) is 8.95. The molecule has 0 aromatic carbocycles. The Labute approximate surface area is 144 Å². The summed E-state index contributed by atoms with van der Waals surface area (Å²) in [4.78, 5) is 20.8. The van der Waals surface area contributed by atoms with Crippen molar-refractivity contribution in [1.29, 1.82) is 0 Å². The second-order valence-electron chi connectivity index (χ2n) is 5.24. The third kappa shape index (κ3) is 2.55. The molecule has 9 heteroatoms. The number of hydrogen-bond acceptors (Lipinski definition) is 7. The Hall–Kier alpha value is -2.39. The van der Waals surface area contributed by atoms with Gasteiger partial charge < -0.3 is 14.0 Å². The van der Waals surface area contributed by atoms with Gasteiger partial charge in [0.2, 0.25) is 0 Å². The van der Waals surface area contributed by atoms with Gasteiger partial charge in [0.05, 0.1) is 16.9 Å². The number of fused-ring (bicyclic) bond motifs is 1. The maximum atomic E-state index is 12.6.